The van der Waals surface area contributed by atoms with E-state index in [1.165, 1.54) is 5.69 Å². The van der Waals surface area contributed by atoms with Gasteiger partial charge in [0.05, 0.1) is 11.4 Å². The van der Waals surface area contributed by atoms with Gasteiger partial charge in [-0.3, -0.25) is 4.68 Å². The van der Waals surface area contributed by atoms with Crippen molar-refractivity contribution >= 4 is 12.6 Å². The van der Waals surface area contributed by atoms with Crippen molar-refractivity contribution in [2.45, 2.75) is 54.6 Å². The first-order valence-corrected chi connectivity index (χ1v) is 7.65. The summed E-state index contributed by atoms with van der Waals surface area (Å²) in [7, 11) is 4.14. The zero-order valence-corrected chi connectivity index (χ0v) is 14.7. The molecule has 3 nitrogen and oxygen atoms in total. The molecule has 0 saturated carbocycles. The molecule has 0 unspecified atom stereocenters. The molecule has 0 amide bonds. The fraction of sp³-hybridized carbons (Fsp3) is 0.786. The Hall–Kier alpha value is -0.480. The molecule has 18 heavy (non-hydrogen) atoms. The number of aromatic nitrogens is 2. The molecule has 0 atom stereocenters. The summed E-state index contributed by atoms with van der Waals surface area (Å²) in [6, 6.07) is 2.14. The minimum atomic E-state index is 0.955. The third-order valence-electron chi connectivity index (χ3n) is 1.76. The van der Waals surface area contributed by atoms with Crippen LogP contribution in [0.15, 0.2) is 6.07 Å². The van der Waals surface area contributed by atoms with Gasteiger partial charge < -0.3 is 4.90 Å². The van der Waals surface area contributed by atoms with Gasteiger partial charge in [-0.15, -0.1) is 0 Å². The molecule has 0 bridgehead atoms. The van der Waals surface area contributed by atoms with Crippen LogP contribution in [-0.2, 0) is 13.1 Å². The zero-order valence-electron chi connectivity index (χ0n) is 13.8. The highest BCUT2D eigenvalue weighted by Crippen LogP contribution is 2.05. The van der Waals surface area contributed by atoms with Crippen LogP contribution in [0, 0.1) is 6.92 Å². The Morgan fingerprint density at radius 3 is 1.94 bits per heavy atom. The fourth-order valence-electron chi connectivity index (χ4n) is 1.32. The first kappa shape index (κ1) is 22.7. The Labute approximate surface area is 120 Å². The second-order valence-electron chi connectivity index (χ2n) is 3.33. The van der Waals surface area contributed by atoms with Crippen LogP contribution in [-0.4, -0.2) is 35.0 Å². The second-order valence-corrected chi connectivity index (χ2v) is 3.33. The number of aryl methyl sites for hydroxylation is 2. The molecule has 1 aromatic rings. The summed E-state index contributed by atoms with van der Waals surface area (Å²) in [5.41, 5.74) is 2.40. The van der Waals surface area contributed by atoms with Gasteiger partial charge >= 0.3 is 0 Å². The molecule has 1 rings (SSSR count). The molecule has 0 N–H and O–H groups in total. The predicted molar refractivity (Wildman–Crippen MR) is 87.6 cm³/mol. The Kier molecular flexibility index (Phi) is 20.8. The maximum absolute atomic E-state index is 4.37. The molecule has 0 aliphatic carbocycles. The lowest BCUT2D eigenvalue weighted by Crippen LogP contribution is -2.14. The topological polar surface area (TPSA) is 21.1 Å². The molecule has 1 heterocycles. The molecule has 4 heteroatoms. The number of hydrogen-bond acceptors (Lipinski definition) is 3. The molecule has 0 fully saturated rings. The van der Waals surface area contributed by atoms with Crippen molar-refractivity contribution in [2.24, 2.45) is 0 Å². The third-order valence-corrected chi connectivity index (χ3v) is 1.76. The molecular weight excluding hydrogens is 242 g/mol. The van der Waals surface area contributed by atoms with Gasteiger partial charge in [-0.1, -0.05) is 27.7 Å². The molecule has 0 aliphatic rings. The van der Waals surface area contributed by atoms with Crippen LogP contribution < -0.4 is 0 Å². The first-order chi connectivity index (χ1) is 8.63. The molecule has 110 valence electrons. The van der Waals surface area contributed by atoms with E-state index in [1.54, 1.807) is 6.26 Å². The molecule has 0 spiro atoms. The van der Waals surface area contributed by atoms with E-state index >= 15 is 0 Å². The number of rotatable bonds is 3. The number of nitrogens with zero attached hydrogens (tertiary/aromatic N) is 3. The zero-order chi connectivity index (χ0) is 15.1. The summed E-state index contributed by atoms with van der Waals surface area (Å²) >= 11 is 3.53. The monoisotopic (exact) mass is 275 g/mol. The summed E-state index contributed by atoms with van der Waals surface area (Å²) in [4.78, 5) is 2.16. The summed E-state index contributed by atoms with van der Waals surface area (Å²) in [6.45, 7) is 14.1. The molecule has 1 aromatic heterocycles. The quantitative estimate of drug-likeness (QED) is 0.845. The van der Waals surface area contributed by atoms with Crippen molar-refractivity contribution in [1.82, 2.24) is 14.7 Å². The average molecular weight is 276 g/mol. The van der Waals surface area contributed by atoms with E-state index in [0.717, 1.165) is 18.8 Å². The van der Waals surface area contributed by atoms with Gasteiger partial charge in [0.25, 0.3) is 0 Å². The largest absolute Gasteiger partial charge is 0.304 e. The lowest BCUT2D eigenvalue weighted by atomic mass is 10.3. The van der Waals surface area contributed by atoms with Crippen LogP contribution in [0.5, 0.6) is 0 Å². The first-order valence-electron chi connectivity index (χ1n) is 6.76. The summed E-state index contributed by atoms with van der Waals surface area (Å²) in [5, 5.41) is 4.37. The highest BCUT2D eigenvalue weighted by molar-refractivity contribution is 7.79. The summed E-state index contributed by atoms with van der Waals surface area (Å²) in [6.07, 6.45) is 1.69. The van der Waals surface area contributed by atoms with Crippen LogP contribution in [0.1, 0.15) is 46.0 Å². The lowest BCUT2D eigenvalue weighted by Gasteiger charge is -2.10. The van der Waals surface area contributed by atoms with Gasteiger partial charge in [-0.05, 0) is 40.3 Å². The van der Waals surface area contributed by atoms with E-state index in [4.69, 9.17) is 0 Å². The van der Waals surface area contributed by atoms with Crippen LogP contribution in [0.2, 0.25) is 0 Å². The van der Waals surface area contributed by atoms with Crippen LogP contribution in [0.3, 0.4) is 0 Å². The minimum absolute atomic E-state index is 0.955. The second kappa shape index (κ2) is 16.5. The Morgan fingerprint density at radius 1 is 1.17 bits per heavy atom. The highest BCUT2D eigenvalue weighted by atomic mass is 32.1. The van der Waals surface area contributed by atoms with E-state index in [-0.39, 0.29) is 0 Å². The Bertz CT molecular complexity index is 258. The van der Waals surface area contributed by atoms with Gasteiger partial charge in [-0.25, -0.2) is 0 Å². The van der Waals surface area contributed by atoms with Gasteiger partial charge in [0.1, 0.15) is 0 Å². The lowest BCUT2D eigenvalue weighted by molar-refractivity contribution is 0.383. The highest BCUT2D eigenvalue weighted by Gasteiger charge is 2.03. The average Bonchev–Trinajstić information content (AvgIpc) is 2.76. The molecule has 0 radical (unpaired) electrons. The maximum atomic E-state index is 4.37. The van der Waals surface area contributed by atoms with Crippen molar-refractivity contribution in [3.8, 4) is 0 Å². The minimum Gasteiger partial charge on any atom is -0.304 e. The summed E-state index contributed by atoms with van der Waals surface area (Å²) < 4.78 is 2.05. The van der Waals surface area contributed by atoms with E-state index < -0.39 is 0 Å². The predicted octanol–water partition coefficient (Wildman–Crippen LogP) is 3.87. The molecule has 0 aliphatic heterocycles. The number of thiol groups is 1. The van der Waals surface area contributed by atoms with Gasteiger partial charge in [-0.2, -0.15) is 17.7 Å². The van der Waals surface area contributed by atoms with Crippen LogP contribution in [0.25, 0.3) is 0 Å². The van der Waals surface area contributed by atoms with Crippen molar-refractivity contribution in [1.29, 1.82) is 0 Å². The van der Waals surface area contributed by atoms with E-state index in [9.17, 15) is 0 Å². The maximum Gasteiger partial charge on any atom is 0.0597 e. The molecule has 0 saturated heterocycles. The van der Waals surface area contributed by atoms with Crippen molar-refractivity contribution in [3.63, 3.8) is 0 Å². The molecular formula is C14H33N3S. The van der Waals surface area contributed by atoms with Crippen LogP contribution >= 0.6 is 12.6 Å². The fourth-order valence-corrected chi connectivity index (χ4v) is 1.32. The van der Waals surface area contributed by atoms with Gasteiger partial charge in [0.15, 0.2) is 0 Å². The Balaban J connectivity index is -0.000000328. The van der Waals surface area contributed by atoms with Crippen molar-refractivity contribution < 1.29 is 0 Å². The normalized spacial score (nSPS) is 8.39. The van der Waals surface area contributed by atoms with Crippen molar-refractivity contribution in [3.05, 3.63) is 17.5 Å². The van der Waals surface area contributed by atoms with Gasteiger partial charge in [0, 0.05) is 13.1 Å². The SMILES string of the molecule is CC.CC.CCn1nc(C)cc1CN(C)C.CS. The van der Waals surface area contributed by atoms with Crippen molar-refractivity contribution in [2.75, 3.05) is 20.4 Å². The van der Waals surface area contributed by atoms with Gasteiger partial charge in [0.2, 0.25) is 0 Å². The smallest absolute Gasteiger partial charge is 0.0597 e. The Morgan fingerprint density at radius 2 is 1.61 bits per heavy atom. The van der Waals surface area contributed by atoms with E-state index in [0.29, 0.717) is 0 Å². The summed E-state index contributed by atoms with van der Waals surface area (Å²) in [5.74, 6) is 0. The van der Waals surface area contributed by atoms with Crippen LogP contribution in [0.4, 0.5) is 0 Å². The third kappa shape index (κ3) is 10.7. The van der Waals surface area contributed by atoms with E-state index in [1.807, 2.05) is 34.6 Å². The number of hydrogen-bond donors (Lipinski definition) is 1. The standard InChI is InChI=1S/C9H17N3.2C2H6.CH4S/c1-5-12-9(7-11(3)4)6-8(2)10-12;3*1-2/h6H,5,7H2,1-4H3;2*1-2H3;2H,1H3. The van der Waals surface area contributed by atoms with E-state index in [2.05, 4.69) is 54.4 Å². The molecule has 0 aromatic carbocycles.